The van der Waals surface area contributed by atoms with E-state index in [2.05, 4.69) is 29.6 Å². The Morgan fingerprint density at radius 2 is 1.11 bits per heavy atom. The Balaban J connectivity index is 0.829. The van der Waals surface area contributed by atoms with E-state index in [0.29, 0.717) is 6.42 Å². The molecule has 0 bridgehead atoms. The van der Waals surface area contributed by atoms with Crippen LogP contribution in [-0.2, 0) is 58.7 Å². The molecule has 0 aromatic heterocycles. The van der Waals surface area contributed by atoms with Crippen LogP contribution in [0, 0.1) is 17.8 Å². The minimum Gasteiger partial charge on any atom is -0.396 e. The molecule has 18 nitrogen and oxygen atoms in total. The number of rotatable bonds is 20. The molecule has 0 saturated carbocycles. The summed E-state index contributed by atoms with van der Waals surface area (Å²) in [4.78, 5) is 67.8. The molecule has 21 heteroatoms. The first-order valence-corrected chi connectivity index (χ1v) is 27.6. The number of hydrogen-bond donors (Lipinski definition) is 6. The Labute approximate surface area is 406 Å². The Morgan fingerprint density at radius 3 is 1.66 bits per heavy atom. The van der Waals surface area contributed by atoms with Crippen molar-refractivity contribution in [1.29, 1.82) is 0 Å². The van der Waals surface area contributed by atoms with E-state index in [-0.39, 0.29) is 32.6 Å². The van der Waals surface area contributed by atoms with Gasteiger partial charge in [-0.25, -0.2) is 18.5 Å². The largest absolute Gasteiger partial charge is 0.472 e. The average Bonchev–Trinajstić information content (AvgIpc) is 3.74. The molecule has 8 unspecified atom stereocenters. The molecule has 2 heterocycles. The molecular weight excluding hydrogens is 977 g/mol. The molecule has 10 rings (SSSR count). The number of carbonyl (C=O) groups is 2. The van der Waals surface area contributed by atoms with Crippen molar-refractivity contribution in [3.8, 4) is 0 Å². The van der Waals surface area contributed by atoms with Crippen molar-refractivity contribution in [2.24, 2.45) is 17.8 Å². The maximum absolute atomic E-state index is 13.8. The molecule has 8 aromatic carbocycles. The molecule has 71 heavy (non-hydrogen) atoms. The van der Waals surface area contributed by atoms with Crippen LogP contribution in [0.15, 0.2) is 109 Å². The zero-order chi connectivity index (χ0) is 49.8. The summed E-state index contributed by atoms with van der Waals surface area (Å²) in [7, 11) is -15.0. The van der Waals surface area contributed by atoms with E-state index in [4.69, 9.17) is 27.4 Å². The maximum Gasteiger partial charge on any atom is 0.472 e. The Hall–Kier alpha value is -4.97. The molecule has 2 aliphatic rings. The van der Waals surface area contributed by atoms with Crippen molar-refractivity contribution in [2.45, 2.75) is 44.6 Å². The van der Waals surface area contributed by atoms with Crippen LogP contribution in [0.1, 0.15) is 24.5 Å². The van der Waals surface area contributed by atoms with Gasteiger partial charge >= 0.3 is 29.5 Å². The predicted molar refractivity (Wildman–Crippen MR) is 265 cm³/mol. The number of aliphatic hydroxyl groups excluding tert-OH is 1. The fourth-order valence-electron chi connectivity index (χ4n) is 10.1. The van der Waals surface area contributed by atoms with Crippen molar-refractivity contribution in [3.63, 3.8) is 0 Å². The lowest BCUT2D eigenvalue weighted by Gasteiger charge is -2.34. The number of nitrogens with one attached hydrogen (secondary N) is 1. The van der Waals surface area contributed by atoms with Crippen molar-refractivity contribution < 1.29 is 75.3 Å². The minimum atomic E-state index is -5.12. The van der Waals surface area contributed by atoms with Gasteiger partial charge in [0, 0.05) is 31.4 Å². The molecule has 2 fully saturated rings. The highest BCUT2D eigenvalue weighted by molar-refractivity contribution is 7.47. The molecule has 0 aliphatic carbocycles. The van der Waals surface area contributed by atoms with Gasteiger partial charge in [-0.15, -0.1) is 0 Å². The molecule has 8 atom stereocenters. The summed E-state index contributed by atoms with van der Waals surface area (Å²) in [6.45, 7) is -1.16. The summed E-state index contributed by atoms with van der Waals surface area (Å²) < 4.78 is 72.1. The molecule has 372 valence electrons. The first-order chi connectivity index (χ1) is 33.9. The van der Waals surface area contributed by atoms with E-state index in [1.807, 2.05) is 84.9 Å². The molecule has 2 aliphatic heterocycles. The van der Waals surface area contributed by atoms with E-state index >= 15 is 0 Å². The standard InChI is InChI=1S/C50H51N2O16P3/c1-29-23-52(50(55)51-49(29)54)44-22-42(43(67-44)28-66-70(59,60)64-25-30(24-53)20-38-14-12-36-10-8-32-4-2-6-34-16-18-40(38)47(36)45(32)34)68-71(61,62)65-27-31(26-63-69(56,57)58)21-39-15-13-37-11-9-33-5-3-7-35-17-19-41(39)48(37)46(33)35/h2-19,29-31,42-44,53H,20-28H2,1H3,(H,59,60)(H,61,62)(H,51,54,55)(H2,56,57,58). The number of carbonyl (C=O) groups excluding carboxylic acids is 2. The van der Waals surface area contributed by atoms with Gasteiger partial charge in [0.25, 0.3) is 0 Å². The van der Waals surface area contributed by atoms with E-state index in [1.165, 1.54) is 4.90 Å². The Kier molecular flexibility index (Phi) is 13.8. The van der Waals surface area contributed by atoms with Crippen molar-refractivity contribution >= 4 is 100 Å². The number of urea groups is 1. The second-order valence-corrected chi connectivity index (χ2v) is 22.6. The van der Waals surface area contributed by atoms with E-state index in [1.54, 1.807) is 6.92 Å². The smallest absolute Gasteiger partial charge is 0.396 e. The van der Waals surface area contributed by atoms with Crippen LogP contribution in [0.5, 0.6) is 0 Å². The zero-order valence-corrected chi connectivity index (χ0v) is 40.9. The van der Waals surface area contributed by atoms with Gasteiger partial charge in [0.05, 0.1) is 32.3 Å². The first kappa shape index (κ1) is 49.6. The highest BCUT2D eigenvalue weighted by Gasteiger charge is 2.47. The van der Waals surface area contributed by atoms with Gasteiger partial charge in [0.2, 0.25) is 5.91 Å². The highest BCUT2D eigenvalue weighted by atomic mass is 31.2. The van der Waals surface area contributed by atoms with E-state index in [0.717, 1.165) is 75.8 Å². The number of amides is 3. The van der Waals surface area contributed by atoms with Gasteiger partial charge in [-0.2, -0.15) is 0 Å². The third kappa shape index (κ3) is 10.6. The Bertz CT molecular complexity index is 3410. The van der Waals surface area contributed by atoms with Crippen molar-refractivity contribution in [3.05, 3.63) is 120 Å². The highest BCUT2D eigenvalue weighted by Crippen LogP contribution is 2.50. The number of imide groups is 1. The van der Waals surface area contributed by atoms with Crippen LogP contribution in [0.4, 0.5) is 4.79 Å². The van der Waals surface area contributed by atoms with Gasteiger partial charge in [-0.1, -0.05) is 116 Å². The topological polar surface area (TPSA) is 257 Å². The summed E-state index contributed by atoms with van der Waals surface area (Å²) in [5.74, 6) is -2.69. The number of aliphatic hydroxyl groups is 1. The zero-order valence-electron chi connectivity index (χ0n) is 38.2. The normalized spacial score (nSPS) is 21.7. The molecule has 3 amide bonds. The number of benzene rings is 8. The minimum absolute atomic E-state index is 0.0799. The van der Waals surface area contributed by atoms with Gasteiger partial charge in [0.1, 0.15) is 18.4 Å². The number of hydrogen-bond acceptors (Lipinski definition) is 12. The van der Waals surface area contributed by atoms with Gasteiger partial charge in [0.15, 0.2) is 0 Å². The predicted octanol–water partition coefficient (Wildman–Crippen LogP) is 8.54. The second kappa shape index (κ2) is 19.8. The molecule has 0 radical (unpaired) electrons. The molecule has 8 aromatic rings. The Morgan fingerprint density at radius 1 is 0.634 bits per heavy atom. The summed E-state index contributed by atoms with van der Waals surface area (Å²) in [6, 6.07) is 35.2. The van der Waals surface area contributed by atoms with Crippen LogP contribution < -0.4 is 5.32 Å². The monoisotopic (exact) mass is 1030 g/mol. The van der Waals surface area contributed by atoms with Crippen molar-refractivity contribution in [1.82, 2.24) is 10.2 Å². The lowest BCUT2D eigenvalue weighted by atomic mass is 9.89. The number of nitrogens with zero attached hydrogens (tertiary/aromatic N) is 1. The average molecular weight is 1030 g/mol. The van der Waals surface area contributed by atoms with Crippen LogP contribution in [0.2, 0.25) is 0 Å². The maximum atomic E-state index is 13.8. The molecule has 6 N–H and O–H groups in total. The summed E-state index contributed by atoms with van der Waals surface area (Å²) in [5.41, 5.74) is 1.66. The van der Waals surface area contributed by atoms with Crippen molar-refractivity contribution in [2.75, 3.05) is 39.6 Å². The lowest BCUT2D eigenvalue weighted by molar-refractivity contribution is -0.128. The summed E-state index contributed by atoms with van der Waals surface area (Å²) >= 11 is 0. The van der Waals surface area contributed by atoms with Crippen LogP contribution in [-0.4, -0.2) is 99.5 Å². The van der Waals surface area contributed by atoms with Gasteiger partial charge < -0.3 is 29.4 Å². The van der Waals surface area contributed by atoms with Gasteiger partial charge in [-0.05, 0) is 88.6 Å². The first-order valence-electron chi connectivity index (χ1n) is 23.1. The summed E-state index contributed by atoms with van der Waals surface area (Å²) in [5, 5.41) is 25.0. The quantitative estimate of drug-likeness (QED) is 0.0309. The van der Waals surface area contributed by atoms with Crippen LogP contribution in [0.25, 0.3) is 64.6 Å². The third-order valence-electron chi connectivity index (χ3n) is 13.5. The number of ether oxygens (including phenoxy) is 1. The fourth-order valence-corrected chi connectivity index (χ4v) is 12.3. The molecule has 2 saturated heterocycles. The SMILES string of the molecule is CC1CN(C2CC(OP(=O)(O)OCC(COP(=O)(O)O)Cc3ccc4ccc5cccc6ccc3c4c56)C(COP(=O)(O)OCC(CO)Cc3ccc4ccc5cccc6ccc3c4c56)O2)C(=O)NC1=O. The van der Waals surface area contributed by atoms with E-state index in [9.17, 15) is 48.0 Å². The summed E-state index contributed by atoms with van der Waals surface area (Å²) in [6.07, 6.45) is -3.84. The number of phosphoric acid groups is 3. The van der Waals surface area contributed by atoms with Crippen LogP contribution >= 0.6 is 23.5 Å². The second-order valence-electron chi connectivity index (χ2n) is 18.5. The number of phosphoric ester groups is 3. The molecule has 0 spiro atoms. The van der Waals surface area contributed by atoms with E-state index < -0.39 is 91.4 Å². The van der Waals surface area contributed by atoms with Gasteiger partial charge in [-0.3, -0.25) is 37.6 Å². The van der Waals surface area contributed by atoms with Crippen LogP contribution in [0.3, 0.4) is 0 Å². The fraction of sp³-hybridized carbons (Fsp3) is 0.320. The third-order valence-corrected chi connectivity index (χ3v) is 16.0. The lowest BCUT2D eigenvalue weighted by Crippen LogP contribution is -2.57. The molecular formula is C50H51N2O16P3.